The summed E-state index contributed by atoms with van der Waals surface area (Å²) in [4.78, 5) is 10.8. The van der Waals surface area contributed by atoms with Crippen LogP contribution in [0.1, 0.15) is 11.1 Å². The first-order chi connectivity index (χ1) is 10.1. The summed E-state index contributed by atoms with van der Waals surface area (Å²) in [6.45, 7) is 0.470. The summed E-state index contributed by atoms with van der Waals surface area (Å²) in [5.41, 5.74) is 7.66. The minimum absolute atomic E-state index is 0.137. The molecule has 0 saturated carbocycles. The van der Waals surface area contributed by atoms with Crippen molar-refractivity contribution < 1.29 is 14.6 Å². The number of rotatable bonds is 6. The number of carbonyl (C=O) groups excluding carboxylic acids is 1. The fourth-order valence-corrected chi connectivity index (χ4v) is 2.01. The van der Waals surface area contributed by atoms with Gasteiger partial charge in [0.15, 0.2) is 11.5 Å². The van der Waals surface area contributed by atoms with Crippen molar-refractivity contribution >= 4 is 11.6 Å². The third-order valence-electron chi connectivity index (χ3n) is 3.12. The SMILES string of the molecule is COc1cccc(CNc2ccc(CC(N)=O)cc2)c1O. The smallest absolute Gasteiger partial charge is 0.221 e. The number of hydrogen-bond donors (Lipinski definition) is 3. The molecule has 2 rings (SSSR count). The van der Waals surface area contributed by atoms with Crippen LogP contribution >= 0.6 is 0 Å². The standard InChI is InChI=1S/C16H18N2O3/c1-21-14-4-2-3-12(16(14)20)10-18-13-7-5-11(6-8-13)9-15(17)19/h2-8,18,20H,9-10H2,1H3,(H2,17,19). The Morgan fingerprint density at radius 1 is 1.24 bits per heavy atom. The van der Waals surface area contributed by atoms with E-state index in [1.165, 1.54) is 7.11 Å². The number of aromatic hydroxyl groups is 1. The topological polar surface area (TPSA) is 84.6 Å². The van der Waals surface area contributed by atoms with Gasteiger partial charge in [-0.15, -0.1) is 0 Å². The lowest BCUT2D eigenvalue weighted by Crippen LogP contribution is -2.13. The first-order valence-electron chi connectivity index (χ1n) is 6.56. The summed E-state index contributed by atoms with van der Waals surface area (Å²) in [6, 6.07) is 12.8. The summed E-state index contributed by atoms with van der Waals surface area (Å²) >= 11 is 0. The molecular weight excluding hydrogens is 268 g/mol. The molecule has 0 atom stereocenters. The average molecular weight is 286 g/mol. The fraction of sp³-hybridized carbons (Fsp3) is 0.188. The molecule has 21 heavy (non-hydrogen) atoms. The summed E-state index contributed by atoms with van der Waals surface area (Å²) < 4.78 is 5.07. The molecule has 5 nitrogen and oxygen atoms in total. The second-order valence-electron chi connectivity index (χ2n) is 4.66. The number of anilines is 1. The molecule has 0 aromatic heterocycles. The number of phenols is 1. The molecule has 0 heterocycles. The van der Waals surface area contributed by atoms with Gasteiger partial charge in [0, 0.05) is 17.8 Å². The Bertz CT molecular complexity index is 624. The van der Waals surface area contributed by atoms with Gasteiger partial charge in [-0.1, -0.05) is 24.3 Å². The summed E-state index contributed by atoms with van der Waals surface area (Å²) in [7, 11) is 1.52. The van der Waals surface area contributed by atoms with Gasteiger partial charge in [0.2, 0.25) is 5.91 Å². The van der Waals surface area contributed by atoms with Crippen LogP contribution in [0.2, 0.25) is 0 Å². The van der Waals surface area contributed by atoms with Crippen LogP contribution in [0.25, 0.3) is 0 Å². The molecule has 0 bridgehead atoms. The van der Waals surface area contributed by atoms with E-state index in [0.717, 1.165) is 16.8 Å². The Labute approximate surface area is 123 Å². The first kappa shape index (κ1) is 14.7. The lowest BCUT2D eigenvalue weighted by atomic mass is 10.1. The summed E-state index contributed by atoms with van der Waals surface area (Å²) in [5, 5.41) is 13.2. The molecule has 2 aromatic carbocycles. The van der Waals surface area contributed by atoms with Crippen molar-refractivity contribution in [3.63, 3.8) is 0 Å². The molecule has 0 aliphatic rings. The van der Waals surface area contributed by atoms with Crippen molar-refractivity contribution in [2.75, 3.05) is 12.4 Å². The number of benzene rings is 2. The maximum absolute atomic E-state index is 10.8. The van der Waals surface area contributed by atoms with Crippen molar-refractivity contribution in [1.29, 1.82) is 0 Å². The normalized spacial score (nSPS) is 10.1. The second kappa shape index (κ2) is 6.65. The average Bonchev–Trinajstić information content (AvgIpc) is 2.47. The predicted molar refractivity (Wildman–Crippen MR) is 81.3 cm³/mol. The predicted octanol–water partition coefficient (Wildman–Crippen LogP) is 2.04. The molecule has 0 saturated heterocycles. The van der Waals surface area contributed by atoms with Crippen LogP contribution in [0.15, 0.2) is 42.5 Å². The minimum Gasteiger partial charge on any atom is -0.504 e. The van der Waals surface area contributed by atoms with Crippen LogP contribution in [0, 0.1) is 0 Å². The van der Waals surface area contributed by atoms with Gasteiger partial charge in [0.1, 0.15) is 0 Å². The quantitative estimate of drug-likeness (QED) is 0.758. The molecule has 0 aliphatic carbocycles. The second-order valence-corrected chi connectivity index (χ2v) is 4.66. The molecule has 0 unspecified atom stereocenters. The Morgan fingerprint density at radius 2 is 1.95 bits per heavy atom. The van der Waals surface area contributed by atoms with Gasteiger partial charge in [0.25, 0.3) is 0 Å². The fourth-order valence-electron chi connectivity index (χ4n) is 2.01. The van der Waals surface area contributed by atoms with Gasteiger partial charge in [0.05, 0.1) is 13.5 Å². The van der Waals surface area contributed by atoms with Crippen molar-refractivity contribution in [3.05, 3.63) is 53.6 Å². The number of carbonyl (C=O) groups is 1. The molecule has 2 aromatic rings. The van der Waals surface area contributed by atoms with Gasteiger partial charge < -0.3 is 20.9 Å². The van der Waals surface area contributed by atoms with Crippen LogP contribution in [0.5, 0.6) is 11.5 Å². The Hall–Kier alpha value is -2.69. The van der Waals surface area contributed by atoms with E-state index in [9.17, 15) is 9.90 Å². The number of para-hydroxylation sites is 1. The maximum Gasteiger partial charge on any atom is 0.221 e. The van der Waals surface area contributed by atoms with E-state index in [1.54, 1.807) is 6.07 Å². The zero-order chi connectivity index (χ0) is 15.2. The Balaban J connectivity index is 2.01. The number of ether oxygens (including phenoxy) is 1. The van der Waals surface area contributed by atoms with Crippen LogP contribution in [-0.2, 0) is 17.8 Å². The minimum atomic E-state index is -0.350. The van der Waals surface area contributed by atoms with Gasteiger partial charge in [-0.05, 0) is 23.8 Å². The van der Waals surface area contributed by atoms with E-state index >= 15 is 0 Å². The molecule has 0 radical (unpaired) electrons. The highest BCUT2D eigenvalue weighted by atomic mass is 16.5. The maximum atomic E-state index is 10.8. The van der Waals surface area contributed by atoms with Crippen molar-refractivity contribution in [2.45, 2.75) is 13.0 Å². The lowest BCUT2D eigenvalue weighted by molar-refractivity contribution is -0.117. The van der Waals surface area contributed by atoms with Crippen molar-refractivity contribution in [3.8, 4) is 11.5 Å². The van der Waals surface area contributed by atoms with Gasteiger partial charge >= 0.3 is 0 Å². The zero-order valence-corrected chi connectivity index (χ0v) is 11.8. The largest absolute Gasteiger partial charge is 0.504 e. The summed E-state index contributed by atoms with van der Waals surface area (Å²) in [6.07, 6.45) is 0.233. The van der Waals surface area contributed by atoms with Gasteiger partial charge in [-0.2, -0.15) is 0 Å². The molecule has 5 heteroatoms. The number of amides is 1. The van der Waals surface area contributed by atoms with E-state index < -0.39 is 0 Å². The van der Waals surface area contributed by atoms with E-state index in [1.807, 2.05) is 36.4 Å². The lowest BCUT2D eigenvalue weighted by Gasteiger charge is -2.11. The van der Waals surface area contributed by atoms with E-state index in [-0.39, 0.29) is 18.1 Å². The highest BCUT2D eigenvalue weighted by Crippen LogP contribution is 2.29. The van der Waals surface area contributed by atoms with Gasteiger partial charge in [-0.25, -0.2) is 0 Å². The van der Waals surface area contributed by atoms with Crippen LogP contribution < -0.4 is 15.8 Å². The third-order valence-corrected chi connectivity index (χ3v) is 3.12. The number of primary amides is 1. The highest BCUT2D eigenvalue weighted by Gasteiger charge is 2.06. The molecule has 0 fully saturated rings. The van der Waals surface area contributed by atoms with Gasteiger partial charge in [-0.3, -0.25) is 4.79 Å². The molecule has 0 spiro atoms. The number of hydrogen-bond acceptors (Lipinski definition) is 4. The molecule has 1 amide bonds. The number of phenolic OH excluding ortho intramolecular Hbond substituents is 1. The number of nitrogens with one attached hydrogen (secondary N) is 1. The van der Waals surface area contributed by atoms with Crippen LogP contribution in [-0.4, -0.2) is 18.1 Å². The Kier molecular flexibility index (Phi) is 4.66. The molecule has 0 aliphatic heterocycles. The first-order valence-corrected chi connectivity index (χ1v) is 6.56. The van der Waals surface area contributed by atoms with E-state index in [2.05, 4.69) is 5.32 Å². The molecular formula is C16H18N2O3. The van der Waals surface area contributed by atoms with Crippen LogP contribution in [0.4, 0.5) is 5.69 Å². The third kappa shape index (κ3) is 3.89. The Morgan fingerprint density at radius 3 is 2.57 bits per heavy atom. The van der Waals surface area contributed by atoms with Crippen molar-refractivity contribution in [1.82, 2.24) is 0 Å². The van der Waals surface area contributed by atoms with Crippen molar-refractivity contribution in [2.24, 2.45) is 5.73 Å². The summed E-state index contributed by atoms with van der Waals surface area (Å²) in [5.74, 6) is 0.237. The van der Waals surface area contributed by atoms with E-state index in [0.29, 0.717) is 12.3 Å². The zero-order valence-electron chi connectivity index (χ0n) is 11.8. The number of nitrogens with two attached hydrogens (primary N) is 1. The van der Waals surface area contributed by atoms with E-state index in [4.69, 9.17) is 10.5 Å². The highest BCUT2D eigenvalue weighted by molar-refractivity contribution is 5.76. The molecule has 4 N–H and O–H groups in total. The molecule has 110 valence electrons. The van der Waals surface area contributed by atoms with Crippen LogP contribution in [0.3, 0.4) is 0 Å². The monoisotopic (exact) mass is 286 g/mol. The number of methoxy groups -OCH3 is 1.